The lowest BCUT2D eigenvalue weighted by Crippen LogP contribution is -2.31. The summed E-state index contributed by atoms with van der Waals surface area (Å²) in [6.45, 7) is 3.67. The maximum atomic E-state index is 12.8. The predicted molar refractivity (Wildman–Crippen MR) is 111 cm³/mol. The number of nitrogens with zero attached hydrogens (tertiary/aromatic N) is 1. The lowest BCUT2D eigenvalue weighted by atomic mass is 10.1. The van der Waals surface area contributed by atoms with Gasteiger partial charge in [0.25, 0.3) is 5.91 Å². The van der Waals surface area contributed by atoms with Crippen LogP contribution in [0.3, 0.4) is 0 Å². The molecule has 2 aromatic rings. The number of sulfonamides is 1. The predicted octanol–water partition coefficient (Wildman–Crippen LogP) is 3.53. The maximum absolute atomic E-state index is 12.8. The Morgan fingerprint density at radius 2 is 1.68 bits per heavy atom. The highest BCUT2D eigenvalue weighted by Crippen LogP contribution is 2.20. The van der Waals surface area contributed by atoms with Crippen molar-refractivity contribution in [3.8, 4) is 0 Å². The minimum Gasteiger partial charge on any atom is -0.352 e. The number of aryl methyl sites for hydroxylation is 1. The van der Waals surface area contributed by atoms with Crippen molar-refractivity contribution >= 4 is 15.9 Å². The van der Waals surface area contributed by atoms with E-state index in [9.17, 15) is 13.2 Å². The molecule has 0 saturated carbocycles. The standard InChI is InChI=1S/C22H28N2O3S/c1-18-7-6-8-20(17-18)22(25)23-14-13-19-9-11-21(12-10-19)28(26,27)24-15-4-2-3-5-16-24/h6-12,17H,2-5,13-16H2,1H3,(H,23,25). The first kappa shape index (κ1) is 20.6. The molecule has 0 unspecified atom stereocenters. The van der Waals surface area contributed by atoms with Crippen molar-refractivity contribution in [2.24, 2.45) is 0 Å². The number of carbonyl (C=O) groups excluding carboxylic acids is 1. The number of carbonyl (C=O) groups is 1. The Bertz CT molecular complexity index is 900. The Morgan fingerprint density at radius 3 is 2.32 bits per heavy atom. The first-order valence-corrected chi connectivity index (χ1v) is 11.3. The van der Waals surface area contributed by atoms with Crippen LogP contribution < -0.4 is 5.32 Å². The summed E-state index contributed by atoms with van der Waals surface area (Å²) in [6.07, 6.45) is 4.70. The van der Waals surface area contributed by atoms with E-state index in [2.05, 4.69) is 5.32 Å². The van der Waals surface area contributed by atoms with E-state index in [-0.39, 0.29) is 5.91 Å². The van der Waals surface area contributed by atoms with Crippen LogP contribution in [0, 0.1) is 6.92 Å². The van der Waals surface area contributed by atoms with Crippen LogP contribution in [0.15, 0.2) is 53.4 Å². The van der Waals surface area contributed by atoms with Crippen molar-refractivity contribution in [3.63, 3.8) is 0 Å². The Hall–Kier alpha value is -2.18. The number of amides is 1. The van der Waals surface area contributed by atoms with Crippen molar-refractivity contribution < 1.29 is 13.2 Å². The quantitative estimate of drug-likeness (QED) is 0.807. The van der Waals surface area contributed by atoms with Gasteiger partial charge in [-0.15, -0.1) is 0 Å². The molecule has 2 aromatic carbocycles. The van der Waals surface area contributed by atoms with Gasteiger partial charge in [-0.05, 0) is 56.0 Å². The van der Waals surface area contributed by atoms with E-state index in [1.54, 1.807) is 22.5 Å². The monoisotopic (exact) mass is 400 g/mol. The molecule has 1 fully saturated rings. The van der Waals surface area contributed by atoms with Gasteiger partial charge < -0.3 is 5.32 Å². The fourth-order valence-corrected chi connectivity index (χ4v) is 4.99. The molecular weight excluding hydrogens is 372 g/mol. The molecule has 28 heavy (non-hydrogen) atoms. The van der Waals surface area contributed by atoms with Gasteiger partial charge in [0.2, 0.25) is 10.0 Å². The molecule has 6 heteroatoms. The maximum Gasteiger partial charge on any atom is 0.251 e. The third-order valence-corrected chi connectivity index (χ3v) is 7.02. The Morgan fingerprint density at radius 1 is 1.00 bits per heavy atom. The zero-order valence-corrected chi connectivity index (χ0v) is 17.2. The van der Waals surface area contributed by atoms with E-state index in [0.717, 1.165) is 36.8 Å². The van der Waals surface area contributed by atoms with E-state index in [4.69, 9.17) is 0 Å². The van der Waals surface area contributed by atoms with Gasteiger partial charge in [-0.1, -0.05) is 42.7 Å². The van der Waals surface area contributed by atoms with Crippen LogP contribution in [0.1, 0.15) is 47.2 Å². The molecule has 5 nitrogen and oxygen atoms in total. The van der Waals surface area contributed by atoms with Crippen LogP contribution in [0.5, 0.6) is 0 Å². The second-order valence-electron chi connectivity index (χ2n) is 7.34. The van der Waals surface area contributed by atoms with Crippen LogP contribution in [0.25, 0.3) is 0 Å². The second kappa shape index (κ2) is 9.34. The molecule has 0 spiro atoms. The largest absolute Gasteiger partial charge is 0.352 e. The van der Waals surface area contributed by atoms with Crippen molar-refractivity contribution in [1.82, 2.24) is 9.62 Å². The smallest absolute Gasteiger partial charge is 0.251 e. The molecule has 1 N–H and O–H groups in total. The SMILES string of the molecule is Cc1cccc(C(=O)NCCc2ccc(S(=O)(=O)N3CCCCCC3)cc2)c1. The van der Waals surface area contributed by atoms with E-state index < -0.39 is 10.0 Å². The van der Waals surface area contributed by atoms with Crippen LogP contribution in [0.4, 0.5) is 0 Å². The summed E-state index contributed by atoms with van der Waals surface area (Å²) in [5, 5.41) is 2.91. The average Bonchev–Trinajstić information content (AvgIpc) is 2.98. The zero-order valence-electron chi connectivity index (χ0n) is 16.4. The minimum atomic E-state index is -3.41. The van der Waals surface area contributed by atoms with E-state index in [1.165, 1.54) is 0 Å². The van der Waals surface area contributed by atoms with E-state index >= 15 is 0 Å². The van der Waals surface area contributed by atoms with Crippen molar-refractivity contribution in [3.05, 3.63) is 65.2 Å². The molecule has 0 bridgehead atoms. The van der Waals surface area contributed by atoms with Gasteiger partial charge in [-0.2, -0.15) is 4.31 Å². The van der Waals surface area contributed by atoms with Gasteiger partial charge in [-0.3, -0.25) is 4.79 Å². The van der Waals surface area contributed by atoms with Crippen LogP contribution in [-0.4, -0.2) is 38.3 Å². The first-order chi connectivity index (χ1) is 13.5. The number of benzene rings is 2. The van der Waals surface area contributed by atoms with Gasteiger partial charge >= 0.3 is 0 Å². The summed E-state index contributed by atoms with van der Waals surface area (Å²) in [4.78, 5) is 12.5. The van der Waals surface area contributed by atoms with Crippen molar-refractivity contribution in [2.45, 2.75) is 43.9 Å². The molecule has 0 atom stereocenters. The zero-order chi connectivity index (χ0) is 20.0. The summed E-state index contributed by atoms with van der Waals surface area (Å²) in [6, 6.07) is 14.5. The summed E-state index contributed by atoms with van der Waals surface area (Å²) in [7, 11) is -3.41. The first-order valence-electron chi connectivity index (χ1n) is 9.91. The normalized spacial score (nSPS) is 15.8. The topological polar surface area (TPSA) is 66.5 Å². The van der Waals surface area contributed by atoms with Crippen LogP contribution in [0.2, 0.25) is 0 Å². The van der Waals surface area contributed by atoms with Crippen LogP contribution in [-0.2, 0) is 16.4 Å². The molecule has 1 aliphatic rings. The molecule has 0 aliphatic carbocycles. The number of rotatable bonds is 6. The van der Waals surface area contributed by atoms with Crippen molar-refractivity contribution in [2.75, 3.05) is 19.6 Å². The Balaban J connectivity index is 1.56. The summed E-state index contributed by atoms with van der Waals surface area (Å²) < 4.78 is 27.2. The van der Waals surface area contributed by atoms with Crippen LogP contribution >= 0.6 is 0 Å². The molecular formula is C22H28N2O3S. The molecule has 3 rings (SSSR count). The molecule has 1 heterocycles. The molecule has 1 amide bonds. The van der Waals surface area contributed by atoms with Gasteiger partial charge in [0.05, 0.1) is 4.90 Å². The fourth-order valence-electron chi connectivity index (χ4n) is 3.47. The fraction of sp³-hybridized carbons (Fsp3) is 0.409. The summed E-state index contributed by atoms with van der Waals surface area (Å²) in [5.74, 6) is -0.0935. The highest BCUT2D eigenvalue weighted by molar-refractivity contribution is 7.89. The molecule has 150 valence electrons. The molecule has 0 radical (unpaired) electrons. The average molecular weight is 401 g/mol. The number of hydrogen-bond acceptors (Lipinski definition) is 3. The molecule has 1 aliphatic heterocycles. The Labute approximate surface area is 167 Å². The van der Waals surface area contributed by atoms with Gasteiger partial charge in [0.1, 0.15) is 0 Å². The van der Waals surface area contributed by atoms with Gasteiger partial charge in [0, 0.05) is 25.2 Å². The molecule has 0 aromatic heterocycles. The minimum absolute atomic E-state index is 0.0935. The third kappa shape index (κ3) is 5.20. The molecule has 1 saturated heterocycles. The Kier molecular flexibility index (Phi) is 6.86. The second-order valence-corrected chi connectivity index (χ2v) is 9.28. The number of nitrogens with one attached hydrogen (secondary N) is 1. The van der Waals surface area contributed by atoms with Crippen molar-refractivity contribution in [1.29, 1.82) is 0 Å². The van der Waals surface area contributed by atoms with Gasteiger partial charge in [0.15, 0.2) is 0 Å². The van der Waals surface area contributed by atoms with E-state index in [0.29, 0.717) is 36.5 Å². The van der Waals surface area contributed by atoms with E-state index in [1.807, 2.05) is 37.3 Å². The highest BCUT2D eigenvalue weighted by Gasteiger charge is 2.24. The highest BCUT2D eigenvalue weighted by atomic mass is 32.2. The summed E-state index contributed by atoms with van der Waals surface area (Å²) >= 11 is 0. The van der Waals surface area contributed by atoms with Gasteiger partial charge in [-0.25, -0.2) is 8.42 Å². The third-order valence-electron chi connectivity index (χ3n) is 5.11. The summed E-state index contributed by atoms with van der Waals surface area (Å²) in [5.41, 5.74) is 2.70. The lowest BCUT2D eigenvalue weighted by Gasteiger charge is -2.20. The lowest BCUT2D eigenvalue weighted by molar-refractivity contribution is 0.0954. The number of hydrogen-bond donors (Lipinski definition) is 1.